The standard InChI is InChI=1S/C19H22N4OS/c1-12-5-6-14-15(10-12)25-19-16(14)18(21-8-9-24-2)22-17(23-19)13-4-3-7-20-11-13/h3-4,7,11-12H,5-6,8-10H2,1-2H3,(H,21,22,23)/t12-/m1/s1. The lowest BCUT2D eigenvalue weighted by Crippen LogP contribution is -2.12. The van der Waals surface area contributed by atoms with Crippen molar-refractivity contribution in [2.24, 2.45) is 5.92 Å². The summed E-state index contributed by atoms with van der Waals surface area (Å²) in [5, 5.41) is 4.66. The SMILES string of the molecule is COCCNc1nc(-c2cccnc2)nc2sc3c(c12)CC[C@@H](C)C3. The van der Waals surface area contributed by atoms with Crippen molar-refractivity contribution in [1.82, 2.24) is 15.0 Å². The molecular weight excluding hydrogens is 332 g/mol. The Morgan fingerprint density at radius 2 is 2.28 bits per heavy atom. The fourth-order valence-electron chi connectivity index (χ4n) is 3.37. The van der Waals surface area contributed by atoms with Gasteiger partial charge < -0.3 is 10.1 Å². The Morgan fingerprint density at radius 1 is 1.36 bits per heavy atom. The van der Waals surface area contributed by atoms with Crippen molar-refractivity contribution in [2.75, 3.05) is 25.6 Å². The van der Waals surface area contributed by atoms with E-state index in [2.05, 4.69) is 17.2 Å². The average molecular weight is 354 g/mol. The van der Waals surface area contributed by atoms with E-state index in [1.807, 2.05) is 29.7 Å². The van der Waals surface area contributed by atoms with Crippen molar-refractivity contribution in [1.29, 1.82) is 0 Å². The minimum absolute atomic E-state index is 0.650. The first kappa shape index (κ1) is 16.4. The summed E-state index contributed by atoms with van der Waals surface area (Å²) >= 11 is 1.82. The highest BCUT2D eigenvalue weighted by atomic mass is 32.1. The van der Waals surface area contributed by atoms with Crippen LogP contribution in [0.2, 0.25) is 0 Å². The molecule has 0 unspecified atom stereocenters. The van der Waals surface area contributed by atoms with Crippen molar-refractivity contribution < 1.29 is 4.74 Å². The molecule has 1 atom stereocenters. The van der Waals surface area contributed by atoms with E-state index in [0.717, 1.165) is 47.3 Å². The Bertz CT molecular complexity index is 878. The summed E-state index contributed by atoms with van der Waals surface area (Å²) in [6.07, 6.45) is 7.09. The van der Waals surface area contributed by atoms with Crippen molar-refractivity contribution in [3.8, 4) is 11.4 Å². The van der Waals surface area contributed by atoms with Crippen LogP contribution in [0.5, 0.6) is 0 Å². The molecule has 1 N–H and O–H groups in total. The van der Waals surface area contributed by atoms with E-state index in [4.69, 9.17) is 14.7 Å². The molecule has 0 fully saturated rings. The van der Waals surface area contributed by atoms with E-state index >= 15 is 0 Å². The van der Waals surface area contributed by atoms with Crippen LogP contribution >= 0.6 is 11.3 Å². The Balaban J connectivity index is 1.84. The largest absolute Gasteiger partial charge is 0.383 e. The number of rotatable bonds is 5. The summed E-state index contributed by atoms with van der Waals surface area (Å²) in [5.74, 6) is 2.40. The number of nitrogens with zero attached hydrogens (tertiary/aromatic N) is 3. The summed E-state index contributed by atoms with van der Waals surface area (Å²) in [4.78, 5) is 16.4. The second-order valence-electron chi connectivity index (χ2n) is 6.59. The number of aryl methyl sites for hydroxylation is 1. The third-order valence-electron chi connectivity index (χ3n) is 4.67. The molecule has 0 radical (unpaired) electrons. The first-order chi connectivity index (χ1) is 12.3. The van der Waals surface area contributed by atoms with Crippen molar-refractivity contribution in [2.45, 2.75) is 26.2 Å². The van der Waals surface area contributed by atoms with Crippen LogP contribution in [0.1, 0.15) is 23.8 Å². The molecule has 130 valence electrons. The Kier molecular flexibility index (Phi) is 4.63. The maximum atomic E-state index is 5.19. The highest BCUT2D eigenvalue weighted by Gasteiger charge is 2.24. The lowest BCUT2D eigenvalue weighted by atomic mass is 9.89. The number of ether oxygens (including phenoxy) is 1. The lowest BCUT2D eigenvalue weighted by Gasteiger charge is -2.18. The highest BCUT2D eigenvalue weighted by Crippen LogP contribution is 2.40. The summed E-state index contributed by atoms with van der Waals surface area (Å²) in [6, 6.07) is 3.92. The second kappa shape index (κ2) is 7.06. The minimum atomic E-state index is 0.650. The van der Waals surface area contributed by atoms with Gasteiger partial charge in [-0.25, -0.2) is 9.97 Å². The van der Waals surface area contributed by atoms with Gasteiger partial charge in [0, 0.05) is 36.5 Å². The summed E-state index contributed by atoms with van der Waals surface area (Å²) in [5.41, 5.74) is 2.38. The van der Waals surface area contributed by atoms with Gasteiger partial charge in [0.1, 0.15) is 10.6 Å². The number of aromatic nitrogens is 3. The van der Waals surface area contributed by atoms with Crippen LogP contribution in [0, 0.1) is 5.92 Å². The predicted octanol–water partition coefficient (Wildman–Crippen LogP) is 3.94. The van der Waals surface area contributed by atoms with Crippen molar-refractivity contribution >= 4 is 27.4 Å². The molecule has 3 heterocycles. The number of anilines is 1. The number of hydrogen-bond acceptors (Lipinski definition) is 6. The molecule has 0 aliphatic heterocycles. The molecule has 0 spiro atoms. The van der Waals surface area contributed by atoms with Gasteiger partial charge in [-0.3, -0.25) is 4.98 Å². The third kappa shape index (κ3) is 3.24. The molecular formula is C19H22N4OS. The molecule has 0 amide bonds. The zero-order valence-electron chi connectivity index (χ0n) is 14.6. The quantitative estimate of drug-likeness (QED) is 0.703. The van der Waals surface area contributed by atoms with E-state index in [1.165, 1.54) is 22.2 Å². The number of methoxy groups -OCH3 is 1. The molecule has 1 aliphatic rings. The molecule has 3 aromatic rings. The van der Waals surface area contributed by atoms with Crippen LogP contribution in [0.25, 0.3) is 21.6 Å². The molecule has 0 saturated heterocycles. The Morgan fingerprint density at radius 3 is 3.08 bits per heavy atom. The summed E-state index contributed by atoms with van der Waals surface area (Å²) in [7, 11) is 1.71. The smallest absolute Gasteiger partial charge is 0.164 e. The fraction of sp³-hybridized carbons (Fsp3) is 0.421. The van der Waals surface area contributed by atoms with Gasteiger partial charge in [0.05, 0.1) is 12.0 Å². The topological polar surface area (TPSA) is 59.9 Å². The molecule has 25 heavy (non-hydrogen) atoms. The maximum Gasteiger partial charge on any atom is 0.164 e. The van der Waals surface area contributed by atoms with Crippen molar-refractivity contribution in [3.05, 3.63) is 35.0 Å². The van der Waals surface area contributed by atoms with E-state index in [-0.39, 0.29) is 0 Å². The van der Waals surface area contributed by atoms with Gasteiger partial charge in [-0.2, -0.15) is 0 Å². The van der Waals surface area contributed by atoms with Gasteiger partial charge in [-0.05, 0) is 42.9 Å². The van der Waals surface area contributed by atoms with E-state index in [1.54, 1.807) is 13.3 Å². The number of fused-ring (bicyclic) bond motifs is 3. The Labute approximate surface area is 151 Å². The van der Waals surface area contributed by atoms with Crippen LogP contribution in [-0.2, 0) is 17.6 Å². The first-order valence-electron chi connectivity index (χ1n) is 8.71. The molecule has 0 bridgehead atoms. The van der Waals surface area contributed by atoms with Crippen LogP contribution < -0.4 is 5.32 Å². The van der Waals surface area contributed by atoms with Gasteiger partial charge in [0.15, 0.2) is 5.82 Å². The second-order valence-corrected chi connectivity index (χ2v) is 7.67. The fourth-order valence-corrected chi connectivity index (χ4v) is 4.75. The molecule has 5 nitrogen and oxygen atoms in total. The molecule has 6 heteroatoms. The van der Waals surface area contributed by atoms with Crippen LogP contribution in [0.4, 0.5) is 5.82 Å². The first-order valence-corrected chi connectivity index (χ1v) is 9.53. The number of nitrogens with one attached hydrogen (secondary N) is 1. The maximum absolute atomic E-state index is 5.19. The lowest BCUT2D eigenvalue weighted by molar-refractivity contribution is 0.210. The number of thiophene rings is 1. The average Bonchev–Trinajstić information content (AvgIpc) is 3.00. The van der Waals surface area contributed by atoms with Crippen molar-refractivity contribution in [3.63, 3.8) is 0 Å². The molecule has 0 aromatic carbocycles. The van der Waals surface area contributed by atoms with Gasteiger partial charge in [0.2, 0.25) is 0 Å². The van der Waals surface area contributed by atoms with Crippen LogP contribution in [0.3, 0.4) is 0 Å². The number of pyridine rings is 1. The van der Waals surface area contributed by atoms with Gasteiger partial charge in [0.25, 0.3) is 0 Å². The zero-order chi connectivity index (χ0) is 17.2. The predicted molar refractivity (Wildman–Crippen MR) is 102 cm³/mol. The number of hydrogen-bond donors (Lipinski definition) is 1. The van der Waals surface area contributed by atoms with Gasteiger partial charge in [-0.15, -0.1) is 11.3 Å². The highest BCUT2D eigenvalue weighted by molar-refractivity contribution is 7.19. The Hall–Kier alpha value is -2.05. The molecule has 4 rings (SSSR count). The normalized spacial score (nSPS) is 16.8. The van der Waals surface area contributed by atoms with Crippen LogP contribution in [-0.4, -0.2) is 35.2 Å². The summed E-state index contributed by atoms with van der Waals surface area (Å²) < 4.78 is 5.19. The van der Waals surface area contributed by atoms with E-state index < -0.39 is 0 Å². The monoisotopic (exact) mass is 354 g/mol. The van der Waals surface area contributed by atoms with Gasteiger partial charge >= 0.3 is 0 Å². The zero-order valence-corrected chi connectivity index (χ0v) is 15.4. The third-order valence-corrected chi connectivity index (χ3v) is 5.82. The summed E-state index contributed by atoms with van der Waals surface area (Å²) in [6.45, 7) is 3.71. The van der Waals surface area contributed by atoms with E-state index in [0.29, 0.717) is 6.61 Å². The minimum Gasteiger partial charge on any atom is -0.383 e. The molecule has 3 aromatic heterocycles. The van der Waals surface area contributed by atoms with E-state index in [9.17, 15) is 0 Å². The van der Waals surface area contributed by atoms with Gasteiger partial charge in [-0.1, -0.05) is 6.92 Å². The van der Waals surface area contributed by atoms with Crippen LogP contribution in [0.15, 0.2) is 24.5 Å². The molecule has 1 aliphatic carbocycles. The molecule has 0 saturated carbocycles.